The van der Waals surface area contributed by atoms with Crippen LogP contribution in [0.5, 0.6) is 0 Å². The maximum Gasteiger partial charge on any atom is 0.0698 e. The average Bonchev–Trinajstić information content (AvgIpc) is 2.22. The second-order valence-corrected chi connectivity index (χ2v) is 2.86. The summed E-state index contributed by atoms with van der Waals surface area (Å²) in [6.07, 6.45) is 2.21. The Balaban J connectivity index is 2.18. The topological polar surface area (TPSA) is 12.5 Å². The summed E-state index contributed by atoms with van der Waals surface area (Å²) in [6.45, 7) is 2.97. The second-order valence-electron chi connectivity index (χ2n) is 2.86. The van der Waals surface area contributed by atoms with E-state index in [9.17, 15) is 0 Å². The molecule has 2 nitrogen and oxygen atoms in total. The first-order valence-corrected chi connectivity index (χ1v) is 3.35. The van der Waals surface area contributed by atoms with Crippen molar-refractivity contribution < 1.29 is 4.74 Å². The van der Waals surface area contributed by atoms with Crippen LogP contribution in [0.4, 0.5) is 0 Å². The summed E-state index contributed by atoms with van der Waals surface area (Å²) in [5.41, 5.74) is 1.48. The zero-order valence-electron chi connectivity index (χ0n) is 5.63. The number of hydrogen-bond donors (Lipinski definition) is 0. The number of hydrogen-bond acceptors (Lipinski definition) is 2. The highest BCUT2D eigenvalue weighted by Gasteiger charge is 2.27. The fourth-order valence-corrected chi connectivity index (χ4v) is 1.54. The van der Waals surface area contributed by atoms with Crippen LogP contribution in [0.3, 0.4) is 0 Å². The first-order chi connectivity index (χ1) is 4.36. The van der Waals surface area contributed by atoms with Gasteiger partial charge in [0.25, 0.3) is 0 Å². The van der Waals surface area contributed by atoms with Gasteiger partial charge in [-0.3, -0.25) is 0 Å². The molecule has 2 aliphatic rings. The number of fused-ring (bicyclic) bond motifs is 1. The summed E-state index contributed by atoms with van der Waals surface area (Å²) >= 11 is 0. The van der Waals surface area contributed by atoms with E-state index in [0.717, 1.165) is 25.7 Å². The van der Waals surface area contributed by atoms with Crippen LogP contribution in [0.2, 0.25) is 0 Å². The van der Waals surface area contributed by atoms with Gasteiger partial charge in [-0.1, -0.05) is 0 Å². The van der Waals surface area contributed by atoms with Gasteiger partial charge in [-0.05, 0) is 5.57 Å². The van der Waals surface area contributed by atoms with Crippen molar-refractivity contribution in [3.63, 3.8) is 0 Å². The fraction of sp³-hybridized carbons (Fsp3) is 0.714. The van der Waals surface area contributed by atoms with Gasteiger partial charge in [-0.25, -0.2) is 0 Å². The van der Waals surface area contributed by atoms with E-state index in [1.165, 1.54) is 5.57 Å². The highest BCUT2D eigenvalue weighted by molar-refractivity contribution is 5.15. The summed E-state index contributed by atoms with van der Waals surface area (Å²) in [5.74, 6) is 0.718. The predicted molar refractivity (Wildman–Crippen MR) is 35.0 cm³/mol. The van der Waals surface area contributed by atoms with Crippen molar-refractivity contribution >= 4 is 0 Å². The van der Waals surface area contributed by atoms with Crippen molar-refractivity contribution in [3.8, 4) is 0 Å². The van der Waals surface area contributed by atoms with Crippen molar-refractivity contribution in [3.05, 3.63) is 11.8 Å². The van der Waals surface area contributed by atoms with Gasteiger partial charge in [-0.2, -0.15) is 0 Å². The third-order valence-electron chi connectivity index (χ3n) is 2.01. The standard InChI is InChI=1S/C7H11NO/c1-8-2-6-4-9-5-7(6)3-8/h2,7H,3-5H2,1H3. The molecule has 1 saturated heterocycles. The van der Waals surface area contributed by atoms with E-state index in [2.05, 4.69) is 18.1 Å². The van der Waals surface area contributed by atoms with Gasteiger partial charge in [0.1, 0.15) is 0 Å². The SMILES string of the molecule is CN1C=C2COCC2C1. The molecule has 0 aliphatic carbocycles. The Hall–Kier alpha value is -0.500. The molecular formula is C7H11NO. The lowest BCUT2D eigenvalue weighted by molar-refractivity contribution is 0.179. The molecule has 1 atom stereocenters. The second kappa shape index (κ2) is 1.74. The van der Waals surface area contributed by atoms with Crippen molar-refractivity contribution in [1.82, 2.24) is 4.90 Å². The minimum absolute atomic E-state index is 0.718. The van der Waals surface area contributed by atoms with E-state index in [1.54, 1.807) is 0 Å². The highest BCUT2D eigenvalue weighted by atomic mass is 16.5. The third kappa shape index (κ3) is 0.741. The van der Waals surface area contributed by atoms with E-state index < -0.39 is 0 Å². The Morgan fingerprint density at radius 1 is 1.78 bits per heavy atom. The van der Waals surface area contributed by atoms with Gasteiger partial charge in [0.2, 0.25) is 0 Å². The van der Waals surface area contributed by atoms with Crippen LogP contribution >= 0.6 is 0 Å². The normalized spacial score (nSPS) is 32.8. The van der Waals surface area contributed by atoms with Crippen LogP contribution in [0.15, 0.2) is 11.8 Å². The fourth-order valence-electron chi connectivity index (χ4n) is 1.54. The highest BCUT2D eigenvalue weighted by Crippen LogP contribution is 2.25. The molecule has 0 aromatic carbocycles. The quantitative estimate of drug-likeness (QED) is 0.466. The molecule has 0 bridgehead atoms. The number of rotatable bonds is 0. The third-order valence-corrected chi connectivity index (χ3v) is 2.01. The van der Waals surface area contributed by atoms with Crippen molar-refractivity contribution in [2.45, 2.75) is 0 Å². The molecule has 50 valence electrons. The predicted octanol–water partition coefficient (Wildman–Crippen LogP) is 0.462. The zero-order valence-corrected chi connectivity index (χ0v) is 5.63. The maximum absolute atomic E-state index is 5.26. The average molecular weight is 125 g/mol. The molecule has 0 radical (unpaired) electrons. The van der Waals surface area contributed by atoms with Crippen molar-refractivity contribution in [1.29, 1.82) is 0 Å². The summed E-state index contributed by atoms with van der Waals surface area (Å²) in [4.78, 5) is 2.24. The molecule has 1 fully saturated rings. The van der Waals surface area contributed by atoms with Crippen molar-refractivity contribution in [2.75, 3.05) is 26.8 Å². The molecule has 9 heavy (non-hydrogen) atoms. The molecule has 2 rings (SSSR count). The summed E-state index contributed by atoms with van der Waals surface area (Å²) in [6, 6.07) is 0. The van der Waals surface area contributed by atoms with Crippen LogP contribution in [-0.4, -0.2) is 31.7 Å². The van der Waals surface area contributed by atoms with Gasteiger partial charge in [0.05, 0.1) is 13.2 Å². The van der Waals surface area contributed by atoms with E-state index >= 15 is 0 Å². The molecule has 2 heteroatoms. The lowest BCUT2D eigenvalue weighted by atomic mass is 10.1. The van der Waals surface area contributed by atoms with Crippen molar-refractivity contribution in [2.24, 2.45) is 5.92 Å². The monoisotopic (exact) mass is 125 g/mol. The summed E-state index contributed by atoms with van der Waals surface area (Å²) < 4.78 is 5.26. The Kier molecular flexibility index (Phi) is 1.02. The summed E-state index contributed by atoms with van der Waals surface area (Å²) in [5, 5.41) is 0. The van der Waals surface area contributed by atoms with Crippen LogP contribution < -0.4 is 0 Å². The lowest BCUT2D eigenvalue weighted by Crippen LogP contribution is -2.14. The maximum atomic E-state index is 5.26. The summed E-state index contributed by atoms with van der Waals surface area (Å²) in [7, 11) is 2.12. The first kappa shape index (κ1) is 5.30. The Morgan fingerprint density at radius 2 is 2.67 bits per heavy atom. The van der Waals surface area contributed by atoms with E-state index in [4.69, 9.17) is 4.74 Å². The molecule has 2 aliphatic heterocycles. The molecule has 0 spiro atoms. The lowest BCUT2D eigenvalue weighted by Gasteiger charge is -2.08. The Bertz CT molecular complexity index is 153. The van der Waals surface area contributed by atoms with Crippen LogP contribution in [-0.2, 0) is 4.74 Å². The molecule has 0 aromatic rings. The molecule has 1 unspecified atom stereocenters. The molecule has 0 N–H and O–H groups in total. The number of nitrogens with zero attached hydrogens (tertiary/aromatic N) is 1. The Labute approximate surface area is 55.1 Å². The van der Waals surface area contributed by atoms with Gasteiger partial charge in [-0.15, -0.1) is 0 Å². The van der Waals surface area contributed by atoms with Crippen LogP contribution in [0.25, 0.3) is 0 Å². The molecule has 0 aromatic heterocycles. The van der Waals surface area contributed by atoms with Gasteiger partial charge in [0.15, 0.2) is 0 Å². The van der Waals surface area contributed by atoms with E-state index in [-0.39, 0.29) is 0 Å². The molecule has 0 saturated carbocycles. The van der Waals surface area contributed by atoms with Crippen LogP contribution in [0.1, 0.15) is 0 Å². The Morgan fingerprint density at radius 3 is 3.44 bits per heavy atom. The molecule has 0 amide bonds. The first-order valence-electron chi connectivity index (χ1n) is 3.35. The van der Waals surface area contributed by atoms with Gasteiger partial charge in [0, 0.05) is 25.7 Å². The van der Waals surface area contributed by atoms with E-state index in [1.807, 2.05) is 0 Å². The van der Waals surface area contributed by atoms with Gasteiger partial charge >= 0.3 is 0 Å². The molecular weight excluding hydrogens is 114 g/mol. The van der Waals surface area contributed by atoms with Crippen LogP contribution in [0, 0.1) is 5.92 Å². The smallest absolute Gasteiger partial charge is 0.0698 e. The van der Waals surface area contributed by atoms with Gasteiger partial charge < -0.3 is 9.64 Å². The minimum atomic E-state index is 0.718. The zero-order chi connectivity index (χ0) is 6.27. The minimum Gasteiger partial charge on any atom is -0.380 e. The number of ether oxygens (including phenoxy) is 1. The molecule has 2 heterocycles. The van der Waals surface area contributed by atoms with E-state index in [0.29, 0.717) is 0 Å². The largest absolute Gasteiger partial charge is 0.380 e.